The summed E-state index contributed by atoms with van der Waals surface area (Å²) in [5.74, 6) is 0.556. The zero-order valence-corrected chi connectivity index (χ0v) is 12.7. The summed E-state index contributed by atoms with van der Waals surface area (Å²) in [4.78, 5) is 18.1. The van der Waals surface area contributed by atoms with Gasteiger partial charge < -0.3 is 10.3 Å². The van der Waals surface area contributed by atoms with Gasteiger partial charge in [-0.1, -0.05) is 6.07 Å². The minimum Gasteiger partial charge on any atom is -0.338 e. The van der Waals surface area contributed by atoms with Gasteiger partial charge in [-0.05, 0) is 63.1 Å². The van der Waals surface area contributed by atoms with Crippen LogP contribution in [0.1, 0.15) is 5.56 Å². The van der Waals surface area contributed by atoms with Crippen LogP contribution in [0.3, 0.4) is 0 Å². The average molecular weight is 406 g/mol. The Morgan fingerprint density at radius 3 is 3.00 bits per heavy atom. The second kappa shape index (κ2) is 5.18. The Balaban J connectivity index is 2.41. The summed E-state index contributed by atoms with van der Waals surface area (Å²) in [5, 5.41) is 3.14. The maximum atomic E-state index is 11.4. The van der Waals surface area contributed by atoms with Gasteiger partial charge >= 0.3 is 0 Å². The lowest BCUT2D eigenvalue weighted by molar-refractivity contribution is 1.10. The summed E-state index contributed by atoms with van der Waals surface area (Å²) in [6, 6.07) is 5.95. The zero-order valence-electron chi connectivity index (χ0n) is 8.92. The third-order valence-corrected chi connectivity index (χ3v) is 3.86. The van der Waals surface area contributed by atoms with Crippen LogP contribution < -0.4 is 10.9 Å². The summed E-state index contributed by atoms with van der Waals surface area (Å²) in [6.45, 7) is 2.01. The molecule has 0 saturated carbocycles. The van der Waals surface area contributed by atoms with Crippen LogP contribution in [0.25, 0.3) is 0 Å². The third kappa shape index (κ3) is 2.86. The van der Waals surface area contributed by atoms with Crippen LogP contribution in [0.15, 0.2) is 33.8 Å². The smallest absolute Gasteiger partial charge is 0.266 e. The van der Waals surface area contributed by atoms with Gasteiger partial charge in [0, 0.05) is 4.47 Å². The first-order valence-electron chi connectivity index (χ1n) is 4.84. The van der Waals surface area contributed by atoms with Gasteiger partial charge in [-0.3, -0.25) is 4.79 Å². The van der Waals surface area contributed by atoms with Crippen LogP contribution in [0.4, 0.5) is 11.5 Å². The van der Waals surface area contributed by atoms with Crippen LogP contribution in [0, 0.1) is 10.5 Å². The second-order valence-corrected chi connectivity index (χ2v) is 5.44. The molecule has 1 heterocycles. The maximum Gasteiger partial charge on any atom is 0.266 e. The number of nitrogens with zero attached hydrogens (tertiary/aromatic N) is 1. The Morgan fingerprint density at radius 1 is 1.47 bits per heavy atom. The second-order valence-electron chi connectivity index (χ2n) is 3.50. The Kier molecular flexibility index (Phi) is 3.82. The van der Waals surface area contributed by atoms with E-state index in [4.69, 9.17) is 0 Å². The largest absolute Gasteiger partial charge is 0.338 e. The van der Waals surface area contributed by atoms with E-state index in [2.05, 4.69) is 31.2 Å². The van der Waals surface area contributed by atoms with E-state index in [9.17, 15) is 4.79 Å². The van der Waals surface area contributed by atoms with Crippen molar-refractivity contribution in [1.82, 2.24) is 9.97 Å². The van der Waals surface area contributed by atoms with Gasteiger partial charge in [-0.2, -0.15) is 0 Å². The van der Waals surface area contributed by atoms with Crippen molar-refractivity contribution in [3.63, 3.8) is 0 Å². The molecule has 0 aliphatic heterocycles. The number of aromatic nitrogens is 2. The molecule has 2 N–H and O–H groups in total. The van der Waals surface area contributed by atoms with Gasteiger partial charge in [0.2, 0.25) is 0 Å². The molecule has 17 heavy (non-hydrogen) atoms. The van der Waals surface area contributed by atoms with Crippen LogP contribution in [-0.4, -0.2) is 9.97 Å². The molecule has 0 atom stereocenters. The van der Waals surface area contributed by atoms with E-state index >= 15 is 0 Å². The molecule has 88 valence electrons. The van der Waals surface area contributed by atoms with Gasteiger partial charge in [0.1, 0.15) is 3.57 Å². The lowest BCUT2D eigenvalue weighted by atomic mass is 10.2. The molecule has 0 fully saturated rings. The number of benzene rings is 1. The summed E-state index contributed by atoms with van der Waals surface area (Å²) < 4.78 is 1.47. The highest BCUT2D eigenvalue weighted by atomic mass is 127. The monoisotopic (exact) mass is 405 g/mol. The summed E-state index contributed by atoms with van der Waals surface area (Å²) >= 11 is 5.42. The topological polar surface area (TPSA) is 57.8 Å². The van der Waals surface area contributed by atoms with E-state index in [1.807, 2.05) is 47.7 Å². The van der Waals surface area contributed by atoms with E-state index in [1.165, 1.54) is 6.33 Å². The molecule has 4 nitrogen and oxygen atoms in total. The van der Waals surface area contributed by atoms with E-state index in [1.54, 1.807) is 0 Å². The average Bonchev–Trinajstić information content (AvgIpc) is 2.30. The molecule has 0 amide bonds. The molecular formula is C11H9BrIN3O. The molecule has 1 aromatic carbocycles. The molecule has 0 bridgehead atoms. The fraction of sp³-hybridized carbons (Fsp3) is 0.0909. The van der Waals surface area contributed by atoms with Gasteiger partial charge in [-0.25, -0.2) is 4.98 Å². The third-order valence-electron chi connectivity index (χ3n) is 2.17. The number of hydrogen-bond acceptors (Lipinski definition) is 3. The van der Waals surface area contributed by atoms with Gasteiger partial charge in [-0.15, -0.1) is 0 Å². The molecule has 2 rings (SSSR count). The van der Waals surface area contributed by atoms with Crippen LogP contribution >= 0.6 is 38.5 Å². The number of anilines is 2. The number of H-pyrrole nitrogens is 1. The summed E-state index contributed by atoms with van der Waals surface area (Å²) in [7, 11) is 0. The molecule has 0 unspecified atom stereocenters. The molecule has 0 saturated heterocycles. The van der Waals surface area contributed by atoms with Crippen LogP contribution in [0.5, 0.6) is 0 Å². The van der Waals surface area contributed by atoms with Crippen LogP contribution in [0.2, 0.25) is 0 Å². The summed E-state index contributed by atoms with van der Waals surface area (Å²) in [5.41, 5.74) is 1.88. The number of aromatic amines is 1. The Morgan fingerprint density at radius 2 is 2.24 bits per heavy atom. The van der Waals surface area contributed by atoms with Crippen molar-refractivity contribution in [3.05, 3.63) is 48.5 Å². The number of aryl methyl sites for hydroxylation is 1. The Bertz CT molecular complexity index is 612. The molecule has 1 aromatic heterocycles. The summed E-state index contributed by atoms with van der Waals surface area (Å²) in [6.07, 6.45) is 1.39. The first kappa shape index (κ1) is 12.6. The first-order chi connectivity index (χ1) is 8.08. The highest BCUT2D eigenvalue weighted by Gasteiger charge is 2.07. The van der Waals surface area contributed by atoms with Gasteiger partial charge in [0.15, 0.2) is 5.82 Å². The molecular weight excluding hydrogens is 397 g/mol. The van der Waals surface area contributed by atoms with Crippen molar-refractivity contribution >= 4 is 50.0 Å². The van der Waals surface area contributed by atoms with E-state index in [0.29, 0.717) is 9.39 Å². The Hall–Kier alpha value is -0.890. The first-order valence-corrected chi connectivity index (χ1v) is 6.71. The molecule has 2 aromatic rings. The van der Waals surface area contributed by atoms with Crippen molar-refractivity contribution < 1.29 is 0 Å². The zero-order chi connectivity index (χ0) is 12.4. The highest BCUT2D eigenvalue weighted by Crippen LogP contribution is 2.26. The van der Waals surface area contributed by atoms with Crippen molar-refractivity contribution in [2.75, 3.05) is 5.32 Å². The van der Waals surface area contributed by atoms with E-state index < -0.39 is 0 Å². The van der Waals surface area contributed by atoms with E-state index in [-0.39, 0.29) is 5.56 Å². The van der Waals surface area contributed by atoms with Crippen molar-refractivity contribution in [3.8, 4) is 0 Å². The maximum absolute atomic E-state index is 11.4. The van der Waals surface area contributed by atoms with Gasteiger partial charge in [0.05, 0.1) is 12.0 Å². The van der Waals surface area contributed by atoms with Crippen molar-refractivity contribution in [2.24, 2.45) is 0 Å². The highest BCUT2D eigenvalue weighted by molar-refractivity contribution is 14.1. The number of hydrogen-bond donors (Lipinski definition) is 2. The normalized spacial score (nSPS) is 10.3. The lowest BCUT2D eigenvalue weighted by Crippen LogP contribution is -2.13. The molecule has 6 heteroatoms. The molecule has 0 spiro atoms. The SMILES string of the molecule is Cc1ccc(Br)c(Nc2nc[nH]c(=O)c2I)c1. The standard InChI is InChI=1S/C11H9BrIN3O/c1-6-2-3-7(12)8(4-6)16-10-9(13)11(17)15-5-14-10/h2-5H,1H3,(H2,14,15,16,17). The predicted octanol–water partition coefficient (Wildman–Crippen LogP) is 3.19. The van der Waals surface area contributed by atoms with Crippen molar-refractivity contribution in [2.45, 2.75) is 6.92 Å². The quantitative estimate of drug-likeness (QED) is 0.754. The van der Waals surface area contributed by atoms with E-state index in [0.717, 1.165) is 15.7 Å². The Labute approximate surface area is 120 Å². The predicted molar refractivity (Wildman–Crippen MR) is 79.7 cm³/mol. The van der Waals surface area contributed by atoms with Crippen LogP contribution in [-0.2, 0) is 0 Å². The minimum atomic E-state index is -0.146. The molecule has 0 radical (unpaired) electrons. The lowest BCUT2D eigenvalue weighted by Gasteiger charge is -2.09. The minimum absolute atomic E-state index is 0.146. The number of nitrogens with one attached hydrogen (secondary N) is 2. The fourth-order valence-corrected chi connectivity index (χ4v) is 2.11. The number of halogens is 2. The molecule has 0 aliphatic carbocycles. The fourth-order valence-electron chi connectivity index (χ4n) is 1.33. The number of rotatable bonds is 2. The van der Waals surface area contributed by atoms with Gasteiger partial charge in [0.25, 0.3) is 5.56 Å². The van der Waals surface area contributed by atoms with Crippen molar-refractivity contribution in [1.29, 1.82) is 0 Å². The molecule has 0 aliphatic rings.